The molecule has 1 heterocycles. The maximum Gasteiger partial charge on any atom is 0.242 e. The van der Waals surface area contributed by atoms with E-state index in [0.717, 1.165) is 6.42 Å². The minimum absolute atomic E-state index is 0. The van der Waals surface area contributed by atoms with Crippen LogP contribution in [0.1, 0.15) is 13.3 Å². The van der Waals surface area contributed by atoms with Gasteiger partial charge in [-0.25, -0.2) is 4.98 Å². The molecule has 2 N–H and O–H groups in total. The van der Waals surface area contributed by atoms with Crippen molar-refractivity contribution in [3.63, 3.8) is 0 Å². The van der Waals surface area contributed by atoms with Crippen LogP contribution in [0, 0.1) is 0 Å². The van der Waals surface area contributed by atoms with Gasteiger partial charge in [-0.3, -0.25) is 4.79 Å². The van der Waals surface area contributed by atoms with Gasteiger partial charge >= 0.3 is 0 Å². The molecule has 1 atom stereocenters. The van der Waals surface area contributed by atoms with Gasteiger partial charge in [0.25, 0.3) is 0 Å². The molecule has 0 saturated heterocycles. The second-order valence-corrected chi connectivity index (χ2v) is 3.90. The smallest absolute Gasteiger partial charge is 0.242 e. The lowest BCUT2D eigenvalue weighted by Gasteiger charge is -2.13. The molecule has 6 heteroatoms. The van der Waals surface area contributed by atoms with E-state index in [9.17, 15) is 4.79 Å². The lowest BCUT2D eigenvalue weighted by atomic mass is 10.2. The van der Waals surface area contributed by atoms with Gasteiger partial charge in [0.15, 0.2) is 0 Å². The van der Waals surface area contributed by atoms with Crippen LogP contribution in [0.5, 0.6) is 0 Å². The number of anilines is 1. The van der Waals surface area contributed by atoms with Crippen molar-refractivity contribution >= 4 is 40.1 Å². The second kappa shape index (κ2) is 7.60. The summed E-state index contributed by atoms with van der Waals surface area (Å²) in [5.41, 5.74) is 0. The first-order valence-electron chi connectivity index (χ1n) is 4.78. The number of carbonyl (C=O) groups is 1. The van der Waals surface area contributed by atoms with Crippen LogP contribution in [0.4, 0.5) is 5.82 Å². The fraction of sp³-hybridized carbons (Fsp3) is 0.400. The third-order valence-electron chi connectivity index (χ3n) is 2.04. The Balaban J connectivity index is 0.00000225. The zero-order chi connectivity index (χ0) is 11.3. The number of hydrogen-bond donors (Lipinski definition) is 2. The minimum atomic E-state index is -0.175. The van der Waals surface area contributed by atoms with Gasteiger partial charge in [-0.2, -0.15) is 0 Å². The number of nitrogens with zero attached hydrogens (tertiary/aromatic N) is 1. The third kappa shape index (κ3) is 4.47. The van der Waals surface area contributed by atoms with Gasteiger partial charge < -0.3 is 10.6 Å². The maximum absolute atomic E-state index is 11.7. The van der Waals surface area contributed by atoms with E-state index >= 15 is 0 Å². The number of likely N-dealkylation sites (N-methyl/N-ethyl adjacent to an activating group) is 1. The molecule has 1 unspecified atom stereocenters. The topological polar surface area (TPSA) is 54.0 Å². The summed E-state index contributed by atoms with van der Waals surface area (Å²) in [6.45, 7) is 1.95. The van der Waals surface area contributed by atoms with Gasteiger partial charge in [0.05, 0.1) is 6.04 Å². The fourth-order valence-corrected chi connectivity index (χ4v) is 1.56. The second-order valence-electron chi connectivity index (χ2n) is 3.08. The molecule has 0 aliphatic carbocycles. The summed E-state index contributed by atoms with van der Waals surface area (Å²) in [4.78, 5) is 15.8. The normalized spacial score (nSPS) is 11.4. The van der Waals surface area contributed by atoms with Crippen molar-refractivity contribution in [3.05, 3.63) is 22.8 Å². The molecule has 0 bridgehead atoms. The fourth-order valence-electron chi connectivity index (χ4n) is 1.21. The van der Waals surface area contributed by atoms with Gasteiger partial charge in [-0.15, -0.1) is 12.4 Å². The average molecular weight is 309 g/mol. The first kappa shape index (κ1) is 15.3. The van der Waals surface area contributed by atoms with Crippen LogP contribution in [0.25, 0.3) is 0 Å². The Morgan fingerprint density at radius 1 is 1.56 bits per heavy atom. The van der Waals surface area contributed by atoms with Gasteiger partial charge in [0.1, 0.15) is 10.4 Å². The SMILES string of the molecule is CCC(NC)C(=O)Nc1cccc(Br)n1.Cl. The Hall–Kier alpha value is -0.650. The van der Waals surface area contributed by atoms with Crippen LogP contribution in [0.2, 0.25) is 0 Å². The van der Waals surface area contributed by atoms with Gasteiger partial charge in [0.2, 0.25) is 5.91 Å². The molecular formula is C10H15BrClN3O. The largest absolute Gasteiger partial charge is 0.309 e. The van der Waals surface area contributed by atoms with Crippen LogP contribution >= 0.6 is 28.3 Å². The lowest BCUT2D eigenvalue weighted by molar-refractivity contribution is -0.118. The summed E-state index contributed by atoms with van der Waals surface area (Å²) >= 11 is 3.25. The van der Waals surface area contributed by atoms with E-state index in [1.807, 2.05) is 19.1 Å². The molecule has 1 aromatic rings. The first-order valence-corrected chi connectivity index (χ1v) is 5.57. The van der Waals surface area contributed by atoms with Crippen molar-refractivity contribution in [1.29, 1.82) is 0 Å². The molecule has 1 amide bonds. The van der Waals surface area contributed by atoms with Crippen LogP contribution in [-0.2, 0) is 4.79 Å². The predicted molar refractivity (Wildman–Crippen MR) is 71.0 cm³/mol. The number of pyridine rings is 1. The molecule has 0 aliphatic rings. The summed E-state index contributed by atoms with van der Waals surface area (Å²) in [6, 6.07) is 5.22. The highest BCUT2D eigenvalue weighted by atomic mass is 79.9. The molecule has 0 fully saturated rings. The summed E-state index contributed by atoms with van der Waals surface area (Å²) in [6.07, 6.45) is 0.746. The average Bonchev–Trinajstić information content (AvgIpc) is 2.19. The number of nitrogens with one attached hydrogen (secondary N) is 2. The lowest BCUT2D eigenvalue weighted by Crippen LogP contribution is -2.37. The van der Waals surface area contributed by atoms with Crippen molar-refractivity contribution in [2.45, 2.75) is 19.4 Å². The number of amides is 1. The molecule has 0 spiro atoms. The van der Waals surface area contributed by atoms with Gasteiger partial charge in [0, 0.05) is 0 Å². The Labute approximate surface area is 110 Å². The Bertz CT molecular complexity index is 345. The van der Waals surface area contributed by atoms with Crippen LogP contribution in [-0.4, -0.2) is 24.0 Å². The molecule has 16 heavy (non-hydrogen) atoms. The van der Waals surface area contributed by atoms with E-state index in [4.69, 9.17) is 0 Å². The van der Waals surface area contributed by atoms with Crippen molar-refractivity contribution in [3.8, 4) is 0 Å². The summed E-state index contributed by atoms with van der Waals surface area (Å²) in [5.74, 6) is 0.494. The quantitative estimate of drug-likeness (QED) is 0.839. The van der Waals surface area contributed by atoms with E-state index in [1.165, 1.54) is 0 Å². The molecule has 1 rings (SSSR count). The minimum Gasteiger partial charge on any atom is -0.309 e. The third-order valence-corrected chi connectivity index (χ3v) is 2.48. The van der Waals surface area contributed by atoms with E-state index in [-0.39, 0.29) is 24.4 Å². The zero-order valence-corrected chi connectivity index (χ0v) is 11.6. The summed E-state index contributed by atoms with van der Waals surface area (Å²) in [5, 5.41) is 5.68. The predicted octanol–water partition coefficient (Wildman–Crippen LogP) is 2.20. The Morgan fingerprint density at radius 3 is 2.75 bits per heavy atom. The van der Waals surface area contributed by atoms with Crippen molar-refractivity contribution in [2.24, 2.45) is 0 Å². The highest BCUT2D eigenvalue weighted by molar-refractivity contribution is 9.10. The van der Waals surface area contributed by atoms with Gasteiger partial charge in [-0.05, 0) is 41.5 Å². The van der Waals surface area contributed by atoms with Crippen molar-refractivity contribution < 1.29 is 4.79 Å². The molecule has 0 aliphatic heterocycles. The highest BCUT2D eigenvalue weighted by Gasteiger charge is 2.13. The monoisotopic (exact) mass is 307 g/mol. The highest BCUT2D eigenvalue weighted by Crippen LogP contribution is 2.10. The van der Waals surface area contributed by atoms with Gasteiger partial charge in [-0.1, -0.05) is 13.0 Å². The molecule has 0 saturated carbocycles. The Kier molecular flexibility index (Phi) is 7.29. The summed E-state index contributed by atoms with van der Waals surface area (Å²) in [7, 11) is 1.77. The number of rotatable bonds is 4. The number of hydrogen-bond acceptors (Lipinski definition) is 3. The van der Waals surface area contributed by atoms with Crippen molar-refractivity contribution in [2.75, 3.05) is 12.4 Å². The molecule has 4 nitrogen and oxygen atoms in total. The zero-order valence-electron chi connectivity index (χ0n) is 9.16. The molecule has 90 valence electrons. The van der Waals surface area contributed by atoms with E-state index in [0.29, 0.717) is 10.4 Å². The standard InChI is InChI=1S/C10H14BrN3O.ClH/c1-3-7(12-2)10(15)14-9-6-4-5-8(11)13-9;/h4-7,12H,3H2,1-2H3,(H,13,14,15);1H. The molecule has 0 radical (unpaired) electrons. The van der Waals surface area contributed by atoms with E-state index in [2.05, 4.69) is 31.5 Å². The van der Waals surface area contributed by atoms with E-state index < -0.39 is 0 Å². The van der Waals surface area contributed by atoms with Crippen molar-refractivity contribution in [1.82, 2.24) is 10.3 Å². The van der Waals surface area contributed by atoms with Crippen LogP contribution < -0.4 is 10.6 Å². The molecule has 0 aromatic carbocycles. The number of aromatic nitrogens is 1. The first-order chi connectivity index (χ1) is 7.17. The maximum atomic E-state index is 11.7. The summed E-state index contributed by atoms with van der Waals surface area (Å²) < 4.78 is 0.706. The van der Waals surface area contributed by atoms with Crippen LogP contribution in [0.15, 0.2) is 22.8 Å². The van der Waals surface area contributed by atoms with Crippen LogP contribution in [0.3, 0.4) is 0 Å². The molecular weight excluding hydrogens is 293 g/mol. The Morgan fingerprint density at radius 2 is 2.25 bits per heavy atom. The number of halogens is 2. The van der Waals surface area contributed by atoms with E-state index in [1.54, 1.807) is 13.1 Å². The molecule has 1 aromatic heterocycles. The number of carbonyl (C=O) groups excluding carboxylic acids is 1.